The Morgan fingerprint density at radius 2 is 1.85 bits per heavy atom. The van der Waals surface area contributed by atoms with Gasteiger partial charge in [-0.2, -0.15) is 0 Å². The number of aryl methyl sites for hydroxylation is 1. The highest BCUT2D eigenvalue weighted by Crippen LogP contribution is 2.48. The third kappa shape index (κ3) is 4.87. The summed E-state index contributed by atoms with van der Waals surface area (Å²) in [4.78, 5) is 20.7. The van der Waals surface area contributed by atoms with Gasteiger partial charge in [0.15, 0.2) is 0 Å². The Hall–Kier alpha value is -2.38. The smallest absolute Gasteiger partial charge is 0.221 e. The van der Waals surface area contributed by atoms with Crippen LogP contribution >= 0.6 is 11.3 Å². The number of amides is 1. The molecular weight excluding hydrogens is 364 g/mol. The zero-order valence-corrected chi connectivity index (χ0v) is 17.4. The van der Waals surface area contributed by atoms with Crippen LogP contribution in [0.2, 0.25) is 0 Å². The number of methoxy groups -OCH3 is 2. The minimum Gasteiger partial charge on any atom is -0.497 e. The molecule has 3 rings (SSSR count). The molecule has 3 N–H and O–H groups in total. The van der Waals surface area contributed by atoms with Crippen LogP contribution in [0.4, 0.5) is 5.00 Å². The van der Waals surface area contributed by atoms with Gasteiger partial charge in [0.05, 0.1) is 19.2 Å². The number of rotatable bonds is 3. The number of nitrogens with two attached hydrogens (primary N) is 1. The highest BCUT2D eigenvalue weighted by Gasteiger charge is 2.25. The standard InChI is InChI=1S/C18H21NO3S.CH5N.CH2O/c1-10-14-7-5-6-12-8-13(21-3)9-15(22-4)16(12)17(14)23-18(10)19-11(2)20;2*1-2/h8-9H,5-7H2,1-4H3,(H,19,20);2H2,1H3;1H2. The Morgan fingerprint density at radius 1 is 1.19 bits per heavy atom. The molecule has 0 spiro atoms. The quantitative estimate of drug-likeness (QED) is 0.833. The van der Waals surface area contributed by atoms with E-state index in [0.717, 1.165) is 41.3 Å². The fraction of sp³-hybridized carbons (Fsp3) is 0.400. The van der Waals surface area contributed by atoms with Crippen LogP contribution in [-0.2, 0) is 22.4 Å². The van der Waals surface area contributed by atoms with Crippen LogP contribution in [0.25, 0.3) is 10.4 Å². The van der Waals surface area contributed by atoms with Gasteiger partial charge >= 0.3 is 0 Å². The lowest BCUT2D eigenvalue weighted by atomic mass is 10.0. The molecule has 148 valence electrons. The highest BCUT2D eigenvalue weighted by atomic mass is 32.1. The van der Waals surface area contributed by atoms with E-state index in [1.165, 1.54) is 28.6 Å². The van der Waals surface area contributed by atoms with E-state index in [9.17, 15) is 4.79 Å². The Bertz CT molecular complexity index is 787. The van der Waals surface area contributed by atoms with Crippen molar-refractivity contribution in [3.63, 3.8) is 0 Å². The van der Waals surface area contributed by atoms with E-state index in [1.807, 2.05) is 12.9 Å². The lowest BCUT2D eigenvalue weighted by Gasteiger charge is -2.14. The molecule has 0 saturated heterocycles. The second-order valence-corrected chi connectivity index (χ2v) is 6.78. The number of fused-ring (bicyclic) bond motifs is 3. The van der Waals surface area contributed by atoms with Crippen LogP contribution in [0, 0.1) is 6.92 Å². The van der Waals surface area contributed by atoms with E-state index in [1.54, 1.807) is 32.5 Å². The van der Waals surface area contributed by atoms with Crippen molar-refractivity contribution >= 4 is 29.0 Å². The van der Waals surface area contributed by atoms with Gasteiger partial charge in [-0.1, -0.05) is 0 Å². The third-order valence-corrected chi connectivity index (χ3v) is 5.54. The van der Waals surface area contributed by atoms with Gasteiger partial charge in [-0.15, -0.1) is 11.3 Å². The predicted octanol–water partition coefficient (Wildman–Crippen LogP) is 3.58. The first-order valence-corrected chi connectivity index (χ1v) is 9.38. The summed E-state index contributed by atoms with van der Waals surface area (Å²) < 4.78 is 11.0. The molecule has 0 unspecified atom stereocenters. The molecule has 0 aliphatic heterocycles. The van der Waals surface area contributed by atoms with Gasteiger partial charge in [-0.25, -0.2) is 0 Å². The first-order chi connectivity index (χ1) is 13.0. The summed E-state index contributed by atoms with van der Waals surface area (Å²) in [6.07, 6.45) is 3.09. The minimum atomic E-state index is -0.0357. The predicted molar refractivity (Wildman–Crippen MR) is 111 cm³/mol. The number of benzene rings is 1. The summed E-state index contributed by atoms with van der Waals surface area (Å²) in [5.41, 5.74) is 9.38. The summed E-state index contributed by atoms with van der Waals surface area (Å²) in [6.45, 7) is 5.63. The molecular formula is C20H28N2O4S. The topological polar surface area (TPSA) is 90.7 Å². The molecule has 0 saturated carbocycles. The Balaban J connectivity index is 0.000000855. The summed E-state index contributed by atoms with van der Waals surface area (Å²) in [5, 5.41) is 3.89. The van der Waals surface area contributed by atoms with Gasteiger partial charge in [0.2, 0.25) is 5.91 Å². The average molecular weight is 393 g/mol. The lowest BCUT2D eigenvalue weighted by molar-refractivity contribution is -0.114. The van der Waals surface area contributed by atoms with Crippen molar-refractivity contribution in [3.8, 4) is 21.9 Å². The Morgan fingerprint density at radius 3 is 2.41 bits per heavy atom. The maximum atomic E-state index is 11.5. The number of carbonyl (C=O) groups is 2. The summed E-state index contributed by atoms with van der Waals surface area (Å²) in [6, 6.07) is 4.03. The fourth-order valence-corrected chi connectivity index (χ4v) is 4.55. The molecule has 0 atom stereocenters. The molecule has 0 bridgehead atoms. The van der Waals surface area contributed by atoms with E-state index in [0.29, 0.717) is 0 Å². The highest BCUT2D eigenvalue weighted by molar-refractivity contribution is 7.20. The number of hydrogen-bond donors (Lipinski definition) is 2. The van der Waals surface area contributed by atoms with Gasteiger partial charge in [-0.3, -0.25) is 4.79 Å². The molecule has 0 radical (unpaired) electrons. The minimum absolute atomic E-state index is 0.0357. The van der Waals surface area contributed by atoms with Crippen molar-refractivity contribution in [3.05, 3.63) is 28.8 Å². The van der Waals surface area contributed by atoms with Crippen molar-refractivity contribution < 1.29 is 19.1 Å². The maximum Gasteiger partial charge on any atom is 0.221 e. The van der Waals surface area contributed by atoms with Crippen molar-refractivity contribution in [2.45, 2.75) is 33.1 Å². The molecule has 2 aromatic rings. The molecule has 1 aliphatic carbocycles. The zero-order chi connectivity index (χ0) is 20.6. The number of hydrogen-bond acceptors (Lipinski definition) is 6. The Labute approximate surface area is 164 Å². The van der Waals surface area contributed by atoms with Crippen LogP contribution in [0.15, 0.2) is 12.1 Å². The molecule has 27 heavy (non-hydrogen) atoms. The first kappa shape index (κ1) is 22.7. The number of thiophene rings is 1. The fourth-order valence-electron chi connectivity index (χ4n) is 3.16. The van der Waals surface area contributed by atoms with E-state index < -0.39 is 0 Å². The van der Waals surface area contributed by atoms with Gasteiger partial charge in [0.25, 0.3) is 0 Å². The van der Waals surface area contributed by atoms with Gasteiger partial charge in [0.1, 0.15) is 18.3 Å². The lowest BCUT2D eigenvalue weighted by Crippen LogP contribution is -2.05. The SMILES string of the molecule is C=O.CN.COc1cc2c(c(OC)c1)-c1sc(NC(C)=O)c(C)c1CCC2. The van der Waals surface area contributed by atoms with Crippen LogP contribution in [0.3, 0.4) is 0 Å². The molecule has 1 aromatic heterocycles. The number of nitrogens with one attached hydrogen (secondary N) is 1. The van der Waals surface area contributed by atoms with Crippen LogP contribution in [-0.4, -0.2) is 34.0 Å². The van der Waals surface area contributed by atoms with E-state index in [4.69, 9.17) is 14.3 Å². The largest absolute Gasteiger partial charge is 0.497 e. The van der Waals surface area contributed by atoms with Gasteiger partial charge in [0, 0.05) is 23.4 Å². The van der Waals surface area contributed by atoms with Crippen LogP contribution < -0.4 is 20.5 Å². The first-order valence-electron chi connectivity index (χ1n) is 8.56. The third-order valence-electron chi connectivity index (χ3n) is 4.27. The van der Waals surface area contributed by atoms with Crippen molar-refractivity contribution in [1.29, 1.82) is 0 Å². The van der Waals surface area contributed by atoms with Crippen LogP contribution in [0.5, 0.6) is 11.5 Å². The van der Waals surface area contributed by atoms with Crippen molar-refractivity contribution in [2.75, 3.05) is 26.6 Å². The monoisotopic (exact) mass is 392 g/mol. The molecule has 1 amide bonds. The molecule has 0 fully saturated rings. The Kier molecular flexibility index (Phi) is 8.97. The zero-order valence-electron chi connectivity index (χ0n) is 16.6. The molecule has 1 aromatic carbocycles. The molecule has 1 aliphatic rings. The second-order valence-electron chi connectivity index (χ2n) is 5.76. The van der Waals surface area contributed by atoms with Crippen LogP contribution in [0.1, 0.15) is 30.0 Å². The molecule has 7 heteroatoms. The summed E-state index contributed by atoms with van der Waals surface area (Å²) >= 11 is 1.64. The molecule has 6 nitrogen and oxygen atoms in total. The van der Waals surface area contributed by atoms with E-state index in [-0.39, 0.29) is 5.91 Å². The average Bonchev–Trinajstić information content (AvgIpc) is 2.88. The molecule has 1 heterocycles. The second kappa shape index (κ2) is 10.7. The number of ether oxygens (including phenoxy) is 2. The van der Waals surface area contributed by atoms with E-state index in [2.05, 4.69) is 24.0 Å². The normalized spacial score (nSPS) is 11.3. The van der Waals surface area contributed by atoms with Crippen molar-refractivity contribution in [2.24, 2.45) is 5.73 Å². The van der Waals surface area contributed by atoms with Gasteiger partial charge < -0.3 is 25.3 Å². The van der Waals surface area contributed by atoms with Crippen molar-refractivity contribution in [1.82, 2.24) is 0 Å². The van der Waals surface area contributed by atoms with E-state index >= 15 is 0 Å². The maximum absolute atomic E-state index is 11.5. The number of anilines is 1. The summed E-state index contributed by atoms with van der Waals surface area (Å²) in [7, 11) is 4.86. The number of carbonyl (C=O) groups excluding carboxylic acids is 2. The summed E-state index contributed by atoms with van der Waals surface area (Å²) in [5.74, 6) is 1.61. The van der Waals surface area contributed by atoms with Gasteiger partial charge in [-0.05, 0) is 56.0 Å².